The standard InChI is InChI=1S/C19H24ClN3O5/c20-14-8-6-13(7-9-14)19(27)23-22-17(25)12-28-18(26)11-10-16(24)21-15-4-2-1-3-5-15/h6-9,15H,1-5,10-12H2,(H,21,24)(H,22,25)(H,23,27). The van der Waals surface area contributed by atoms with Crippen LogP contribution < -0.4 is 16.2 Å². The van der Waals surface area contributed by atoms with E-state index in [1.807, 2.05) is 0 Å². The predicted molar refractivity (Wildman–Crippen MR) is 102 cm³/mol. The van der Waals surface area contributed by atoms with Gasteiger partial charge in [0, 0.05) is 23.0 Å². The molecular formula is C19H24ClN3O5. The lowest BCUT2D eigenvalue weighted by Gasteiger charge is -2.22. The average Bonchev–Trinajstić information content (AvgIpc) is 2.70. The highest BCUT2D eigenvalue weighted by Gasteiger charge is 2.17. The molecule has 2 rings (SSSR count). The molecule has 1 saturated carbocycles. The van der Waals surface area contributed by atoms with E-state index < -0.39 is 24.4 Å². The average molecular weight is 410 g/mol. The van der Waals surface area contributed by atoms with Crippen LogP contribution >= 0.6 is 11.6 Å². The number of carbonyl (C=O) groups excluding carboxylic acids is 4. The van der Waals surface area contributed by atoms with E-state index in [0.29, 0.717) is 10.6 Å². The van der Waals surface area contributed by atoms with E-state index in [1.165, 1.54) is 18.6 Å². The number of benzene rings is 1. The predicted octanol–water partition coefficient (Wildman–Crippen LogP) is 1.87. The van der Waals surface area contributed by atoms with Crippen LogP contribution in [0.15, 0.2) is 24.3 Å². The molecule has 1 aromatic rings. The van der Waals surface area contributed by atoms with E-state index >= 15 is 0 Å². The molecule has 1 aliphatic rings. The summed E-state index contributed by atoms with van der Waals surface area (Å²) in [5.41, 5.74) is 4.65. The number of ether oxygens (including phenoxy) is 1. The van der Waals surface area contributed by atoms with Gasteiger partial charge in [-0.3, -0.25) is 30.0 Å². The van der Waals surface area contributed by atoms with Crippen molar-refractivity contribution in [1.82, 2.24) is 16.2 Å². The number of halogens is 1. The molecule has 152 valence electrons. The minimum Gasteiger partial charge on any atom is -0.455 e. The normalized spacial score (nSPS) is 14.0. The van der Waals surface area contributed by atoms with Crippen molar-refractivity contribution in [2.24, 2.45) is 0 Å². The maximum Gasteiger partial charge on any atom is 0.306 e. The Balaban J connectivity index is 1.58. The summed E-state index contributed by atoms with van der Waals surface area (Å²) in [7, 11) is 0. The number of nitrogens with one attached hydrogen (secondary N) is 3. The number of carbonyl (C=O) groups is 4. The molecule has 0 aromatic heterocycles. The van der Waals surface area contributed by atoms with Gasteiger partial charge in [-0.25, -0.2) is 0 Å². The zero-order valence-electron chi connectivity index (χ0n) is 15.5. The number of hydrogen-bond donors (Lipinski definition) is 3. The van der Waals surface area contributed by atoms with E-state index in [9.17, 15) is 19.2 Å². The van der Waals surface area contributed by atoms with E-state index in [4.69, 9.17) is 16.3 Å². The van der Waals surface area contributed by atoms with Crippen molar-refractivity contribution in [1.29, 1.82) is 0 Å². The van der Waals surface area contributed by atoms with Gasteiger partial charge in [-0.15, -0.1) is 0 Å². The highest BCUT2D eigenvalue weighted by Crippen LogP contribution is 2.17. The van der Waals surface area contributed by atoms with E-state index in [1.54, 1.807) is 12.1 Å². The summed E-state index contributed by atoms with van der Waals surface area (Å²) >= 11 is 5.73. The molecule has 1 aromatic carbocycles. The van der Waals surface area contributed by atoms with Crippen LogP contribution in [0.4, 0.5) is 0 Å². The lowest BCUT2D eigenvalue weighted by atomic mass is 9.95. The molecule has 0 saturated heterocycles. The van der Waals surface area contributed by atoms with Crippen LogP contribution in [-0.2, 0) is 19.1 Å². The molecular weight excluding hydrogens is 386 g/mol. The highest BCUT2D eigenvalue weighted by molar-refractivity contribution is 6.30. The van der Waals surface area contributed by atoms with E-state index in [2.05, 4.69) is 16.2 Å². The maximum absolute atomic E-state index is 11.8. The number of amides is 3. The molecule has 8 nitrogen and oxygen atoms in total. The molecule has 3 amide bonds. The number of rotatable bonds is 7. The number of hydrogen-bond acceptors (Lipinski definition) is 5. The molecule has 0 heterocycles. The van der Waals surface area contributed by atoms with Crippen molar-refractivity contribution in [3.8, 4) is 0 Å². The van der Waals surface area contributed by atoms with Gasteiger partial charge in [0.05, 0.1) is 6.42 Å². The van der Waals surface area contributed by atoms with Crippen molar-refractivity contribution < 1.29 is 23.9 Å². The molecule has 0 radical (unpaired) electrons. The molecule has 0 atom stereocenters. The van der Waals surface area contributed by atoms with Crippen molar-refractivity contribution in [2.75, 3.05) is 6.61 Å². The number of esters is 1. The van der Waals surface area contributed by atoms with Gasteiger partial charge in [0.2, 0.25) is 5.91 Å². The van der Waals surface area contributed by atoms with Gasteiger partial charge < -0.3 is 10.1 Å². The second kappa shape index (κ2) is 11.3. The molecule has 0 bridgehead atoms. The summed E-state index contributed by atoms with van der Waals surface area (Å²) in [5.74, 6) is -2.07. The molecule has 1 fully saturated rings. The Labute approximate surface area is 168 Å². The topological polar surface area (TPSA) is 114 Å². The molecule has 0 aliphatic heterocycles. The van der Waals surface area contributed by atoms with Gasteiger partial charge in [-0.1, -0.05) is 30.9 Å². The minimum absolute atomic E-state index is 0.0181. The zero-order valence-corrected chi connectivity index (χ0v) is 16.2. The minimum atomic E-state index is -0.692. The van der Waals surface area contributed by atoms with Crippen LogP contribution in [0, 0.1) is 0 Å². The first-order valence-corrected chi connectivity index (χ1v) is 9.61. The van der Waals surface area contributed by atoms with Gasteiger partial charge in [0.25, 0.3) is 11.8 Å². The highest BCUT2D eigenvalue weighted by atomic mass is 35.5. The van der Waals surface area contributed by atoms with Crippen molar-refractivity contribution in [3.05, 3.63) is 34.9 Å². The molecule has 1 aliphatic carbocycles. The SMILES string of the molecule is O=C(COC(=O)CCC(=O)NC1CCCCC1)NNC(=O)c1ccc(Cl)cc1. The first-order valence-electron chi connectivity index (χ1n) is 9.24. The molecule has 0 unspecified atom stereocenters. The second-order valence-corrected chi connectivity index (χ2v) is 7.01. The van der Waals surface area contributed by atoms with Gasteiger partial charge in [-0.05, 0) is 37.1 Å². The second-order valence-electron chi connectivity index (χ2n) is 6.57. The Kier molecular flexibility index (Phi) is 8.74. The summed E-state index contributed by atoms with van der Waals surface area (Å²) in [6.45, 7) is -0.552. The summed E-state index contributed by atoms with van der Waals surface area (Å²) < 4.78 is 4.80. The third-order valence-corrected chi connectivity index (χ3v) is 4.56. The van der Waals surface area contributed by atoms with Crippen molar-refractivity contribution >= 4 is 35.3 Å². The Morgan fingerprint density at radius 3 is 2.29 bits per heavy atom. The van der Waals surface area contributed by atoms with Crippen LogP contribution in [0.2, 0.25) is 5.02 Å². The largest absolute Gasteiger partial charge is 0.455 e. The van der Waals surface area contributed by atoms with Crippen LogP contribution in [0.1, 0.15) is 55.3 Å². The van der Waals surface area contributed by atoms with E-state index in [0.717, 1.165) is 25.7 Å². The molecule has 3 N–H and O–H groups in total. The van der Waals surface area contributed by atoms with Crippen LogP contribution in [-0.4, -0.2) is 36.3 Å². The summed E-state index contributed by atoms with van der Waals surface area (Å²) in [5, 5.41) is 3.40. The van der Waals surface area contributed by atoms with Gasteiger partial charge >= 0.3 is 5.97 Å². The van der Waals surface area contributed by atoms with Crippen molar-refractivity contribution in [3.63, 3.8) is 0 Å². The lowest BCUT2D eigenvalue weighted by molar-refractivity contribution is -0.149. The quantitative estimate of drug-likeness (QED) is 0.470. The smallest absolute Gasteiger partial charge is 0.306 e. The van der Waals surface area contributed by atoms with E-state index in [-0.39, 0.29) is 24.8 Å². The Bertz CT molecular complexity index is 702. The van der Waals surface area contributed by atoms with Gasteiger partial charge in [0.1, 0.15) is 0 Å². The van der Waals surface area contributed by atoms with Gasteiger partial charge in [0.15, 0.2) is 6.61 Å². The van der Waals surface area contributed by atoms with Crippen LogP contribution in [0.3, 0.4) is 0 Å². The molecule has 0 spiro atoms. The van der Waals surface area contributed by atoms with Gasteiger partial charge in [-0.2, -0.15) is 0 Å². The summed E-state index contributed by atoms with van der Waals surface area (Å²) in [6.07, 6.45) is 5.26. The summed E-state index contributed by atoms with van der Waals surface area (Å²) in [4.78, 5) is 46.9. The van der Waals surface area contributed by atoms with Crippen LogP contribution in [0.5, 0.6) is 0 Å². The third kappa shape index (κ3) is 7.96. The third-order valence-electron chi connectivity index (χ3n) is 4.31. The Hall–Kier alpha value is -2.61. The first kappa shape index (κ1) is 21.7. The number of hydrazine groups is 1. The lowest BCUT2D eigenvalue weighted by Crippen LogP contribution is -2.43. The van der Waals surface area contributed by atoms with Crippen LogP contribution in [0.25, 0.3) is 0 Å². The maximum atomic E-state index is 11.8. The Morgan fingerprint density at radius 1 is 0.929 bits per heavy atom. The fourth-order valence-electron chi connectivity index (χ4n) is 2.82. The first-order chi connectivity index (χ1) is 13.4. The fourth-order valence-corrected chi connectivity index (χ4v) is 2.94. The summed E-state index contributed by atoms with van der Waals surface area (Å²) in [6, 6.07) is 6.28. The zero-order chi connectivity index (χ0) is 20.4. The monoisotopic (exact) mass is 409 g/mol. The fraction of sp³-hybridized carbons (Fsp3) is 0.474. The molecule has 28 heavy (non-hydrogen) atoms. The van der Waals surface area contributed by atoms with Crippen molar-refractivity contribution in [2.45, 2.75) is 51.0 Å². The Morgan fingerprint density at radius 2 is 1.61 bits per heavy atom. The molecule has 9 heteroatoms.